The van der Waals surface area contributed by atoms with Crippen LogP contribution in [0.1, 0.15) is 80.6 Å². The predicted octanol–water partition coefficient (Wildman–Crippen LogP) is 7.51. The van der Waals surface area contributed by atoms with Crippen molar-refractivity contribution in [3.8, 4) is 0 Å². The van der Waals surface area contributed by atoms with E-state index in [-0.39, 0.29) is 0 Å². The summed E-state index contributed by atoms with van der Waals surface area (Å²) in [6, 6.07) is 3.77. The molecule has 0 fully saturated rings. The van der Waals surface area contributed by atoms with Crippen LogP contribution in [0.5, 0.6) is 0 Å². The Morgan fingerprint density at radius 2 is 1.88 bits per heavy atom. The molecule has 1 atom stereocenters. The molecule has 1 rings (SSSR count). The van der Waals surface area contributed by atoms with Gasteiger partial charge in [-0.3, -0.25) is 0 Å². The molecule has 0 unspecified atom stereocenters. The Morgan fingerprint density at radius 1 is 1.25 bits per heavy atom. The second-order valence-corrected chi connectivity index (χ2v) is 13.3. The molecule has 0 heterocycles. The van der Waals surface area contributed by atoms with Gasteiger partial charge in [0.15, 0.2) is 8.32 Å². The van der Waals surface area contributed by atoms with E-state index in [2.05, 4.69) is 60.6 Å². The van der Waals surface area contributed by atoms with Crippen molar-refractivity contribution in [1.82, 2.24) is 0 Å². The van der Waals surface area contributed by atoms with Gasteiger partial charge in [-0.1, -0.05) is 57.9 Å². The molecule has 24 heavy (non-hydrogen) atoms. The standard InChI is InChI=1S/C22H42OSi/c1-8-24(9-2,10-3)23-18-12-13-19(4)15-16-21-20(5)14-11-17-22(21,6)7/h13-14,21H,8-12,15-18H2,1-7H3/b19-13+/t21-/m1/s1. The van der Waals surface area contributed by atoms with Crippen molar-refractivity contribution in [2.45, 2.75) is 98.7 Å². The van der Waals surface area contributed by atoms with Gasteiger partial charge in [0.25, 0.3) is 0 Å². The molecule has 0 spiro atoms. The van der Waals surface area contributed by atoms with Gasteiger partial charge >= 0.3 is 0 Å². The summed E-state index contributed by atoms with van der Waals surface area (Å²) in [5.41, 5.74) is 3.63. The van der Waals surface area contributed by atoms with Gasteiger partial charge in [-0.15, -0.1) is 0 Å². The van der Waals surface area contributed by atoms with Crippen LogP contribution >= 0.6 is 0 Å². The smallest absolute Gasteiger partial charge is 0.191 e. The lowest BCUT2D eigenvalue weighted by atomic mass is 9.67. The maximum absolute atomic E-state index is 6.36. The van der Waals surface area contributed by atoms with Gasteiger partial charge in [0, 0.05) is 6.61 Å². The summed E-state index contributed by atoms with van der Waals surface area (Å²) >= 11 is 0. The van der Waals surface area contributed by atoms with E-state index in [1.54, 1.807) is 11.1 Å². The number of allylic oxidation sites excluding steroid dienone is 3. The zero-order valence-corrected chi connectivity index (χ0v) is 18.5. The molecule has 1 nitrogen and oxygen atoms in total. The highest BCUT2D eigenvalue weighted by molar-refractivity contribution is 6.73. The fourth-order valence-corrected chi connectivity index (χ4v) is 7.00. The molecule has 0 saturated carbocycles. The average Bonchev–Trinajstić information content (AvgIpc) is 2.54. The minimum Gasteiger partial charge on any atom is -0.417 e. The van der Waals surface area contributed by atoms with Gasteiger partial charge in [0.05, 0.1) is 0 Å². The molecule has 0 N–H and O–H groups in total. The average molecular weight is 351 g/mol. The van der Waals surface area contributed by atoms with E-state index in [9.17, 15) is 0 Å². The van der Waals surface area contributed by atoms with E-state index >= 15 is 0 Å². The molecule has 1 aliphatic carbocycles. The summed E-state index contributed by atoms with van der Waals surface area (Å²) in [5, 5.41) is 0. The normalized spacial score (nSPS) is 21.7. The summed E-state index contributed by atoms with van der Waals surface area (Å²) in [6.07, 6.45) is 11.1. The number of rotatable bonds is 10. The largest absolute Gasteiger partial charge is 0.417 e. The maximum Gasteiger partial charge on any atom is 0.191 e. The van der Waals surface area contributed by atoms with E-state index < -0.39 is 8.32 Å². The van der Waals surface area contributed by atoms with Gasteiger partial charge in [0.2, 0.25) is 0 Å². The molecule has 0 aliphatic heterocycles. The van der Waals surface area contributed by atoms with Gasteiger partial charge in [-0.2, -0.15) is 0 Å². The topological polar surface area (TPSA) is 9.23 Å². The van der Waals surface area contributed by atoms with Crippen molar-refractivity contribution >= 4 is 8.32 Å². The van der Waals surface area contributed by atoms with Crippen LogP contribution in [-0.2, 0) is 4.43 Å². The van der Waals surface area contributed by atoms with Gasteiger partial charge in [-0.25, -0.2) is 0 Å². The monoisotopic (exact) mass is 350 g/mol. The summed E-state index contributed by atoms with van der Waals surface area (Å²) in [7, 11) is -1.40. The van der Waals surface area contributed by atoms with E-state index in [0.29, 0.717) is 5.41 Å². The molecule has 0 saturated heterocycles. The molecular weight excluding hydrogens is 308 g/mol. The Labute approximate surface area is 153 Å². The van der Waals surface area contributed by atoms with Crippen LogP contribution in [0.3, 0.4) is 0 Å². The van der Waals surface area contributed by atoms with E-state index in [1.807, 2.05) is 0 Å². The van der Waals surface area contributed by atoms with Gasteiger partial charge < -0.3 is 4.43 Å². The summed E-state index contributed by atoms with van der Waals surface area (Å²) in [4.78, 5) is 0. The zero-order valence-electron chi connectivity index (χ0n) is 17.5. The Hall–Kier alpha value is -0.343. The minimum absolute atomic E-state index is 0.469. The van der Waals surface area contributed by atoms with Crippen molar-refractivity contribution in [1.29, 1.82) is 0 Å². The van der Waals surface area contributed by atoms with Crippen molar-refractivity contribution in [3.05, 3.63) is 23.3 Å². The summed E-state index contributed by atoms with van der Waals surface area (Å²) < 4.78 is 6.36. The lowest BCUT2D eigenvalue weighted by Crippen LogP contribution is -2.35. The van der Waals surface area contributed by atoms with Gasteiger partial charge in [-0.05, 0) is 75.4 Å². The predicted molar refractivity (Wildman–Crippen MR) is 111 cm³/mol. The van der Waals surface area contributed by atoms with Crippen LogP contribution in [0, 0.1) is 11.3 Å². The Morgan fingerprint density at radius 3 is 2.42 bits per heavy atom. The van der Waals surface area contributed by atoms with Crippen molar-refractivity contribution in [2.75, 3.05) is 6.61 Å². The highest BCUT2D eigenvalue weighted by Gasteiger charge is 2.32. The molecular formula is C22H42OSi. The highest BCUT2D eigenvalue weighted by atomic mass is 28.4. The maximum atomic E-state index is 6.36. The molecule has 0 aromatic heterocycles. The van der Waals surface area contributed by atoms with E-state index in [1.165, 1.54) is 43.8 Å². The Bertz CT molecular complexity index is 421. The number of hydrogen-bond acceptors (Lipinski definition) is 1. The molecule has 0 bridgehead atoms. The molecule has 0 amide bonds. The molecule has 1 aliphatic rings. The van der Waals surface area contributed by atoms with Crippen LogP contribution in [0.15, 0.2) is 23.3 Å². The highest BCUT2D eigenvalue weighted by Crippen LogP contribution is 2.43. The van der Waals surface area contributed by atoms with Crippen LogP contribution in [0.4, 0.5) is 0 Å². The quantitative estimate of drug-likeness (QED) is 0.225. The SMILES string of the molecule is CC[Si](CC)(CC)OCC/C=C(\C)CC[C@@H]1C(C)=CCCC1(C)C. The fraction of sp³-hybridized carbons (Fsp3) is 0.818. The van der Waals surface area contributed by atoms with E-state index in [4.69, 9.17) is 4.43 Å². The Kier molecular flexibility index (Phi) is 9.01. The summed E-state index contributed by atoms with van der Waals surface area (Å²) in [6.45, 7) is 17.4. The third kappa shape index (κ3) is 6.18. The second kappa shape index (κ2) is 9.96. The van der Waals surface area contributed by atoms with Gasteiger partial charge in [0.1, 0.15) is 0 Å². The van der Waals surface area contributed by atoms with Crippen LogP contribution < -0.4 is 0 Å². The molecule has 0 aromatic carbocycles. The first kappa shape index (κ1) is 21.7. The molecule has 0 aromatic rings. The first-order valence-corrected chi connectivity index (χ1v) is 12.8. The second-order valence-electron chi connectivity index (χ2n) is 8.50. The number of hydrogen-bond donors (Lipinski definition) is 0. The molecule has 2 heteroatoms. The third-order valence-electron chi connectivity index (χ3n) is 6.53. The fourth-order valence-electron chi connectivity index (χ4n) is 4.33. The first-order valence-electron chi connectivity index (χ1n) is 10.3. The Balaban J connectivity index is 2.42. The lowest BCUT2D eigenvalue weighted by Gasteiger charge is -2.38. The molecule has 0 radical (unpaired) electrons. The van der Waals surface area contributed by atoms with Crippen molar-refractivity contribution in [2.24, 2.45) is 11.3 Å². The van der Waals surface area contributed by atoms with Crippen LogP contribution in [-0.4, -0.2) is 14.9 Å². The zero-order chi connectivity index (χ0) is 18.2. The van der Waals surface area contributed by atoms with Crippen LogP contribution in [0.2, 0.25) is 18.1 Å². The lowest BCUT2D eigenvalue weighted by molar-refractivity contribution is 0.204. The molecule has 140 valence electrons. The van der Waals surface area contributed by atoms with Crippen molar-refractivity contribution in [3.63, 3.8) is 0 Å². The van der Waals surface area contributed by atoms with E-state index in [0.717, 1.165) is 18.9 Å². The minimum atomic E-state index is -1.40. The summed E-state index contributed by atoms with van der Waals surface area (Å²) in [5.74, 6) is 0.756. The van der Waals surface area contributed by atoms with Crippen molar-refractivity contribution < 1.29 is 4.43 Å². The first-order chi connectivity index (χ1) is 11.3. The van der Waals surface area contributed by atoms with Crippen LogP contribution in [0.25, 0.3) is 0 Å². The third-order valence-corrected chi connectivity index (χ3v) is 11.2.